The lowest BCUT2D eigenvalue weighted by molar-refractivity contribution is -0.117. The van der Waals surface area contributed by atoms with Crippen molar-refractivity contribution >= 4 is 11.6 Å². The zero-order valence-electron chi connectivity index (χ0n) is 13.1. The third kappa shape index (κ3) is 2.96. The van der Waals surface area contributed by atoms with Crippen molar-refractivity contribution in [1.29, 1.82) is 0 Å². The third-order valence-corrected chi connectivity index (χ3v) is 4.82. The summed E-state index contributed by atoms with van der Waals surface area (Å²) in [4.78, 5) is 14.5. The second kappa shape index (κ2) is 5.77. The predicted molar refractivity (Wildman–Crippen MR) is 82.3 cm³/mol. The number of aromatic nitrogens is 2. The van der Waals surface area contributed by atoms with Gasteiger partial charge in [-0.3, -0.25) is 14.4 Å². The number of carbonyl (C=O) groups excluding carboxylic acids is 1. The van der Waals surface area contributed by atoms with Crippen LogP contribution in [0.5, 0.6) is 0 Å². The molecule has 2 aliphatic rings. The summed E-state index contributed by atoms with van der Waals surface area (Å²) >= 11 is 0. The number of likely N-dealkylation sites (tertiary alicyclic amines) is 1. The van der Waals surface area contributed by atoms with Gasteiger partial charge in [0.25, 0.3) is 0 Å². The summed E-state index contributed by atoms with van der Waals surface area (Å²) in [6.45, 7) is 7.53. The Bertz CT molecular complexity index is 524. The van der Waals surface area contributed by atoms with Crippen LogP contribution in [0.2, 0.25) is 0 Å². The summed E-state index contributed by atoms with van der Waals surface area (Å²) in [5.74, 6) is 0.779. The van der Waals surface area contributed by atoms with Crippen molar-refractivity contribution in [2.75, 3.05) is 31.5 Å². The second-order valence-corrected chi connectivity index (χ2v) is 6.37. The summed E-state index contributed by atoms with van der Waals surface area (Å²) in [6, 6.07) is 0.577. The molecule has 21 heavy (non-hydrogen) atoms. The normalized spacial score (nSPS) is 25.9. The smallest absolute Gasteiger partial charge is 0.238 e. The van der Waals surface area contributed by atoms with E-state index in [9.17, 15) is 4.79 Å². The van der Waals surface area contributed by atoms with E-state index < -0.39 is 0 Å². The summed E-state index contributed by atoms with van der Waals surface area (Å²) in [5, 5.41) is 10.9. The molecule has 1 aromatic heterocycles. The van der Waals surface area contributed by atoms with Gasteiger partial charge in [-0.2, -0.15) is 5.10 Å². The van der Waals surface area contributed by atoms with Crippen LogP contribution in [0.25, 0.3) is 0 Å². The third-order valence-electron chi connectivity index (χ3n) is 4.82. The van der Waals surface area contributed by atoms with Crippen LogP contribution in [0.1, 0.15) is 24.2 Å². The number of nitrogens with one attached hydrogen (secondary N) is 2. The van der Waals surface area contributed by atoms with Crippen LogP contribution in [-0.4, -0.2) is 52.8 Å². The Hall–Kier alpha value is -1.40. The molecule has 0 radical (unpaired) electrons. The van der Waals surface area contributed by atoms with E-state index in [4.69, 9.17) is 0 Å². The number of nitrogens with zero attached hydrogens (tertiary/aromatic N) is 3. The maximum absolute atomic E-state index is 12.3. The first-order valence-corrected chi connectivity index (χ1v) is 7.80. The van der Waals surface area contributed by atoms with Crippen molar-refractivity contribution in [1.82, 2.24) is 20.0 Å². The molecular formula is C15H25N5O. The quantitative estimate of drug-likeness (QED) is 0.859. The van der Waals surface area contributed by atoms with Gasteiger partial charge in [-0.1, -0.05) is 0 Å². The van der Waals surface area contributed by atoms with Crippen molar-refractivity contribution in [2.24, 2.45) is 13.0 Å². The van der Waals surface area contributed by atoms with Crippen molar-refractivity contribution in [3.05, 3.63) is 11.4 Å². The van der Waals surface area contributed by atoms with E-state index in [2.05, 4.69) is 20.6 Å². The molecule has 3 heterocycles. The Morgan fingerprint density at radius 1 is 1.43 bits per heavy atom. The van der Waals surface area contributed by atoms with Crippen molar-refractivity contribution < 1.29 is 4.79 Å². The number of fused-ring (bicyclic) bond motifs is 1. The topological polar surface area (TPSA) is 62.2 Å². The minimum Gasteiger partial charge on any atom is -0.322 e. The van der Waals surface area contributed by atoms with Gasteiger partial charge in [0, 0.05) is 26.2 Å². The molecule has 2 aliphatic heterocycles. The van der Waals surface area contributed by atoms with Gasteiger partial charge in [0.2, 0.25) is 5.91 Å². The molecule has 3 rings (SSSR count). The highest BCUT2D eigenvalue weighted by Crippen LogP contribution is 2.25. The van der Waals surface area contributed by atoms with Gasteiger partial charge in [0.05, 0.1) is 23.6 Å². The number of anilines is 1. The summed E-state index contributed by atoms with van der Waals surface area (Å²) in [7, 11) is 1.90. The summed E-state index contributed by atoms with van der Waals surface area (Å²) in [5.41, 5.74) is 2.73. The Morgan fingerprint density at radius 2 is 2.24 bits per heavy atom. The zero-order chi connectivity index (χ0) is 15.0. The van der Waals surface area contributed by atoms with Crippen LogP contribution >= 0.6 is 0 Å². The number of hydrogen-bond donors (Lipinski definition) is 2. The fourth-order valence-electron chi connectivity index (χ4n) is 3.60. The molecule has 0 saturated carbocycles. The zero-order valence-corrected chi connectivity index (χ0v) is 13.1. The molecule has 0 aliphatic carbocycles. The molecule has 6 heteroatoms. The average molecular weight is 291 g/mol. The minimum absolute atomic E-state index is 0.0628. The van der Waals surface area contributed by atoms with E-state index in [-0.39, 0.29) is 5.91 Å². The molecule has 2 saturated heterocycles. The van der Waals surface area contributed by atoms with Crippen LogP contribution in [-0.2, 0) is 11.8 Å². The van der Waals surface area contributed by atoms with E-state index >= 15 is 0 Å². The highest BCUT2D eigenvalue weighted by atomic mass is 16.2. The molecule has 2 unspecified atom stereocenters. The number of piperidine rings is 1. The lowest BCUT2D eigenvalue weighted by atomic mass is 9.94. The predicted octanol–water partition coefficient (Wildman–Crippen LogP) is 0.659. The van der Waals surface area contributed by atoms with E-state index in [0.29, 0.717) is 18.5 Å². The Labute approximate surface area is 125 Å². The van der Waals surface area contributed by atoms with Gasteiger partial charge in [-0.25, -0.2) is 0 Å². The van der Waals surface area contributed by atoms with Gasteiger partial charge in [-0.05, 0) is 39.2 Å². The maximum atomic E-state index is 12.3. The molecule has 116 valence electrons. The summed E-state index contributed by atoms with van der Waals surface area (Å²) < 4.78 is 1.80. The van der Waals surface area contributed by atoms with Crippen LogP contribution in [0, 0.1) is 19.8 Å². The Balaban J connectivity index is 1.57. The lowest BCUT2D eigenvalue weighted by Gasteiger charge is -2.24. The van der Waals surface area contributed by atoms with Crippen molar-refractivity contribution in [2.45, 2.75) is 32.7 Å². The number of rotatable bonds is 3. The van der Waals surface area contributed by atoms with Gasteiger partial charge in [-0.15, -0.1) is 0 Å². The lowest BCUT2D eigenvalue weighted by Crippen LogP contribution is -2.41. The van der Waals surface area contributed by atoms with Crippen LogP contribution in [0.3, 0.4) is 0 Å². The molecular weight excluding hydrogens is 266 g/mol. The summed E-state index contributed by atoms with van der Waals surface area (Å²) in [6.07, 6.45) is 2.55. The van der Waals surface area contributed by atoms with Gasteiger partial charge < -0.3 is 10.6 Å². The molecule has 2 fully saturated rings. The van der Waals surface area contributed by atoms with Gasteiger partial charge >= 0.3 is 0 Å². The largest absolute Gasteiger partial charge is 0.322 e. The number of aryl methyl sites for hydroxylation is 2. The molecule has 1 amide bonds. The van der Waals surface area contributed by atoms with Gasteiger partial charge in [0.15, 0.2) is 0 Å². The Kier molecular flexibility index (Phi) is 3.99. The number of amides is 1. The Morgan fingerprint density at radius 3 is 2.90 bits per heavy atom. The monoisotopic (exact) mass is 291 g/mol. The van der Waals surface area contributed by atoms with Crippen LogP contribution < -0.4 is 10.6 Å². The first kappa shape index (κ1) is 14.5. The average Bonchev–Trinajstić information content (AvgIpc) is 2.94. The molecule has 6 nitrogen and oxygen atoms in total. The molecule has 1 aromatic rings. The minimum atomic E-state index is 0.0628. The number of hydrogen-bond acceptors (Lipinski definition) is 4. The first-order valence-electron chi connectivity index (χ1n) is 7.80. The fraction of sp³-hybridized carbons (Fsp3) is 0.733. The van der Waals surface area contributed by atoms with Crippen LogP contribution in [0.15, 0.2) is 0 Å². The molecule has 0 aromatic carbocycles. The van der Waals surface area contributed by atoms with E-state index in [1.165, 1.54) is 12.8 Å². The number of carbonyl (C=O) groups is 1. The highest BCUT2D eigenvalue weighted by molar-refractivity contribution is 5.93. The van der Waals surface area contributed by atoms with E-state index in [0.717, 1.165) is 36.7 Å². The van der Waals surface area contributed by atoms with Crippen molar-refractivity contribution in [3.63, 3.8) is 0 Å². The van der Waals surface area contributed by atoms with Gasteiger partial charge in [0.1, 0.15) is 0 Å². The molecule has 0 spiro atoms. The molecule has 2 atom stereocenters. The van der Waals surface area contributed by atoms with E-state index in [1.54, 1.807) is 4.68 Å². The van der Waals surface area contributed by atoms with Crippen LogP contribution in [0.4, 0.5) is 5.69 Å². The second-order valence-electron chi connectivity index (χ2n) is 6.37. The maximum Gasteiger partial charge on any atom is 0.238 e. The molecule has 0 bridgehead atoms. The standard InChI is InChI=1S/C15H25N5O/c1-10-15(11(2)19(3)18-10)17-14(21)9-20-7-12-5-4-6-16-13(12)8-20/h12-13,16H,4-9H2,1-3H3,(H,17,21). The fourth-order valence-corrected chi connectivity index (χ4v) is 3.60. The highest BCUT2D eigenvalue weighted by Gasteiger charge is 2.34. The van der Waals surface area contributed by atoms with E-state index in [1.807, 2.05) is 20.9 Å². The SMILES string of the molecule is Cc1nn(C)c(C)c1NC(=O)CN1CC2CCCNC2C1. The van der Waals surface area contributed by atoms with Crippen molar-refractivity contribution in [3.8, 4) is 0 Å². The first-order chi connectivity index (χ1) is 10.0. The molecule has 2 N–H and O–H groups in total.